The fourth-order valence-electron chi connectivity index (χ4n) is 3.28. The summed E-state index contributed by atoms with van der Waals surface area (Å²) in [4.78, 5) is 38.8. The summed E-state index contributed by atoms with van der Waals surface area (Å²) >= 11 is 0. The highest BCUT2D eigenvalue weighted by atomic mass is 16.5. The van der Waals surface area contributed by atoms with Crippen molar-refractivity contribution in [1.82, 2.24) is 10.2 Å². The van der Waals surface area contributed by atoms with Crippen molar-refractivity contribution in [3.05, 3.63) is 59.7 Å². The molecule has 0 saturated carbocycles. The highest BCUT2D eigenvalue weighted by Gasteiger charge is 2.49. The Morgan fingerprint density at radius 2 is 1.86 bits per heavy atom. The molecule has 29 heavy (non-hydrogen) atoms. The number of nitrogens with zero attached hydrogens (tertiary/aromatic N) is 1. The van der Waals surface area contributed by atoms with Crippen LogP contribution in [0.25, 0.3) is 0 Å². The number of urea groups is 1. The van der Waals surface area contributed by atoms with Gasteiger partial charge < -0.3 is 15.4 Å². The van der Waals surface area contributed by atoms with Crippen LogP contribution < -0.4 is 15.4 Å². The Balaban J connectivity index is 1.73. The first-order valence-electron chi connectivity index (χ1n) is 9.43. The Labute approximate surface area is 170 Å². The molecule has 0 aromatic heterocycles. The summed E-state index contributed by atoms with van der Waals surface area (Å²) in [6, 6.07) is 13.8. The number of anilines is 1. The van der Waals surface area contributed by atoms with E-state index in [2.05, 4.69) is 24.5 Å². The van der Waals surface area contributed by atoms with E-state index in [4.69, 9.17) is 4.74 Å². The highest BCUT2D eigenvalue weighted by Crippen LogP contribution is 2.30. The molecule has 2 aromatic carbocycles. The fraction of sp³-hybridized carbons (Fsp3) is 0.318. The van der Waals surface area contributed by atoms with Gasteiger partial charge in [0.05, 0.1) is 7.11 Å². The predicted molar refractivity (Wildman–Crippen MR) is 110 cm³/mol. The lowest BCUT2D eigenvalue weighted by molar-refractivity contribution is -0.133. The number of nitrogens with one attached hydrogen (secondary N) is 2. The van der Waals surface area contributed by atoms with Gasteiger partial charge in [0, 0.05) is 11.8 Å². The minimum atomic E-state index is -1.21. The summed E-state index contributed by atoms with van der Waals surface area (Å²) in [5.74, 6) is 0.0273. The topological polar surface area (TPSA) is 87.7 Å². The molecule has 0 radical (unpaired) electrons. The molecule has 152 valence electrons. The van der Waals surface area contributed by atoms with Gasteiger partial charge in [0.1, 0.15) is 17.8 Å². The lowest BCUT2D eigenvalue weighted by Gasteiger charge is -2.22. The molecule has 1 atom stereocenters. The summed E-state index contributed by atoms with van der Waals surface area (Å²) < 4.78 is 5.12. The summed E-state index contributed by atoms with van der Waals surface area (Å²) in [7, 11) is 1.53. The second-order valence-corrected chi connectivity index (χ2v) is 7.50. The van der Waals surface area contributed by atoms with E-state index in [1.807, 2.05) is 24.3 Å². The zero-order valence-electron chi connectivity index (χ0n) is 17.0. The quantitative estimate of drug-likeness (QED) is 0.735. The molecule has 1 unspecified atom stereocenters. The van der Waals surface area contributed by atoms with Crippen LogP contribution in [0.15, 0.2) is 48.5 Å². The zero-order valence-corrected chi connectivity index (χ0v) is 17.0. The largest absolute Gasteiger partial charge is 0.497 e. The Bertz CT molecular complexity index is 939. The van der Waals surface area contributed by atoms with Gasteiger partial charge in [-0.2, -0.15) is 0 Å². The Morgan fingerprint density at radius 1 is 1.17 bits per heavy atom. The van der Waals surface area contributed by atoms with E-state index in [0.29, 0.717) is 22.9 Å². The molecule has 0 spiro atoms. The smallest absolute Gasteiger partial charge is 0.325 e. The SMILES string of the molecule is COc1cccc(NC(=O)CN2C(=O)NC(C)(c3ccc(C(C)C)cc3)C2=O)c1. The van der Waals surface area contributed by atoms with Crippen LogP contribution in [0.2, 0.25) is 0 Å². The number of ether oxygens (including phenoxy) is 1. The molecular weight excluding hydrogens is 370 g/mol. The second kappa shape index (κ2) is 7.95. The number of benzene rings is 2. The molecule has 1 fully saturated rings. The van der Waals surface area contributed by atoms with Crippen molar-refractivity contribution < 1.29 is 19.1 Å². The molecule has 7 nitrogen and oxygen atoms in total. The van der Waals surface area contributed by atoms with Gasteiger partial charge in [-0.05, 0) is 36.1 Å². The molecule has 4 amide bonds. The van der Waals surface area contributed by atoms with E-state index >= 15 is 0 Å². The first-order valence-corrected chi connectivity index (χ1v) is 9.43. The van der Waals surface area contributed by atoms with Crippen molar-refractivity contribution in [2.24, 2.45) is 0 Å². The van der Waals surface area contributed by atoms with Crippen LogP contribution in [0.3, 0.4) is 0 Å². The van der Waals surface area contributed by atoms with Gasteiger partial charge in [0.25, 0.3) is 5.91 Å². The number of amides is 4. The number of methoxy groups -OCH3 is 1. The minimum Gasteiger partial charge on any atom is -0.497 e. The molecule has 0 bridgehead atoms. The van der Waals surface area contributed by atoms with Crippen molar-refractivity contribution >= 4 is 23.5 Å². The van der Waals surface area contributed by atoms with E-state index in [1.165, 1.54) is 7.11 Å². The average molecular weight is 395 g/mol. The van der Waals surface area contributed by atoms with Gasteiger partial charge in [-0.3, -0.25) is 14.5 Å². The van der Waals surface area contributed by atoms with Crippen molar-refractivity contribution in [1.29, 1.82) is 0 Å². The van der Waals surface area contributed by atoms with Gasteiger partial charge in [0.15, 0.2) is 0 Å². The van der Waals surface area contributed by atoms with Gasteiger partial charge in [-0.15, -0.1) is 0 Å². The standard InChI is InChI=1S/C22H25N3O4/c1-14(2)15-8-10-16(11-9-15)22(3)20(27)25(21(28)24-22)13-19(26)23-17-6-5-7-18(12-17)29-4/h5-12,14H,13H2,1-4H3,(H,23,26)(H,24,28). The van der Waals surface area contributed by atoms with Gasteiger partial charge >= 0.3 is 6.03 Å². The van der Waals surface area contributed by atoms with E-state index in [0.717, 1.165) is 10.5 Å². The van der Waals surface area contributed by atoms with Crippen molar-refractivity contribution in [3.63, 3.8) is 0 Å². The van der Waals surface area contributed by atoms with E-state index in [9.17, 15) is 14.4 Å². The molecule has 2 N–H and O–H groups in total. The number of hydrogen-bond acceptors (Lipinski definition) is 4. The monoisotopic (exact) mass is 395 g/mol. The molecule has 1 saturated heterocycles. The van der Waals surface area contributed by atoms with Gasteiger partial charge in [0.2, 0.25) is 5.91 Å². The van der Waals surface area contributed by atoms with Crippen LogP contribution in [0, 0.1) is 0 Å². The average Bonchev–Trinajstić information content (AvgIpc) is 2.92. The first kappa shape index (κ1) is 20.4. The molecular formula is C22H25N3O4. The highest BCUT2D eigenvalue weighted by molar-refractivity contribution is 6.10. The number of carbonyl (C=O) groups excluding carboxylic acids is 3. The molecule has 0 aliphatic carbocycles. The zero-order chi connectivity index (χ0) is 21.2. The summed E-state index contributed by atoms with van der Waals surface area (Å²) in [5.41, 5.74) is 1.14. The van der Waals surface area contributed by atoms with Crippen LogP contribution in [-0.2, 0) is 15.1 Å². The third kappa shape index (κ3) is 4.08. The van der Waals surface area contributed by atoms with Crippen molar-refractivity contribution in [2.45, 2.75) is 32.2 Å². The van der Waals surface area contributed by atoms with Crippen LogP contribution in [0.4, 0.5) is 10.5 Å². The lowest BCUT2D eigenvalue weighted by atomic mass is 9.90. The maximum absolute atomic E-state index is 13.0. The van der Waals surface area contributed by atoms with Crippen molar-refractivity contribution in [2.75, 3.05) is 19.0 Å². The lowest BCUT2D eigenvalue weighted by Crippen LogP contribution is -2.42. The maximum atomic E-state index is 13.0. The summed E-state index contributed by atoms with van der Waals surface area (Å²) in [6.45, 7) is 5.45. The third-order valence-electron chi connectivity index (χ3n) is 5.08. The Hall–Kier alpha value is -3.35. The van der Waals surface area contributed by atoms with E-state index < -0.39 is 23.4 Å². The van der Waals surface area contributed by atoms with Gasteiger partial charge in [-0.1, -0.05) is 44.2 Å². The van der Waals surface area contributed by atoms with Gasteiger partial charge in [-0.25, -0.2) is 4.79 Å². The second-order valence-electron chi connectivity index (χ2n) is 7.50. The Kier molecular flexibility index (Phi) is 5.59. The molecule has 3 rings (SSSR count). The maximum Gasteiger partial charge on any atom is 0.325 e. The minimum absolute atomic E-state index is 0.363. The third-order valence-corrected chi connectivity index (χ3v) is 5.08. The summed E-state index contributed by atoms with van der Waals surface area (Å²) in [6.07, 6.45) is 0. The fourth-order valence-corrected chi connectivity index (χ4v) is 3.28. The Morgan fingerprint density at radius 3 is 2.48 bits per heavy atom. The van der Waals surface area contributed by atoms with Crippen LogP contribution >= 0.6 is 0 Å². The molecule has 2 aromatic rings. The first-order chi connectivity index (χ1) is 13.7. The van der Waals surface area contributed by atoms with Crippen molar-refractivity contribution in [3.8, 4) is 5.75 Å². The molecule has 1 aliphatic heterocycles. The van der Waals surface area contributed by atoms with Crippen LogP contribution in [0.1, 0.15) is 37.8 Å². The normalized spacial score (nSPS) is 18.7. The van der Waals surface area contributed by atoms with E-state index in [1.54, 1.807) is 31.2 Å². The summed E-state index contributed by atoms with van der Waals surface area (Å²) in [5, 5.41) is 5.40. The number of imide groups is 1. The van der Waals surface area contributed by atoms with E-state index in [-0.39, 0.29) is 6.54 Å². The predicted octanol–water partition coefficient (Wildman–Crippen LogP) is 3.22. The number of carbonyl (C=O) groups is 3. The molecule has 1 heterocycles. The van der Waals surface area contributed by atoms with Crippen LogP contribution in [0.5, 0.6) is 5.75 Å². The molecule has 1 aliphatic rings. The molecule has 7 heteroatoms. The number of rotatable bonds is 6. The number of hydrogen-bond donors (Lipinski definition) is 2. The van der Waals surface area contributed by atoms with Crippen LogP contribution in [-0.4, -0.2) is 36.4 Å².